The number of aryl methyl sites for hydroxylation is 1. The number of hydrogen-bond acceptors (Lipinski definition) is 6. The molecule has 2 fully saturated rings. The summed E-state index contributed by atoms with van der Waals surface area (Å²) < 4.78 is 7.85. The predicted molar refractivity (Wildman–Crippen MR) is 127 cm³/mol. The molecule has 1 saturated heterocycles. The number of pyridine rings is 2. The van der Waals surface area contributed by atoms with Crippen molar-refractivity contribution in [2.24, 2.45) is 0 Å². The quantitative estimate of drug-likeness (QED) is 0.631. The van der Waals surface area contributed by atoms with Crippen LogP contribution in [0.2, 0.25) is 0 Å². The summed E-state index contributed by atoms with van der Waals surface area (Å²) in [7, 11) is 0. The summed E-state index contributed by atoms with van der Waals surface area (Å²) in [5.41, 5.74) is 3.68. The Balaban J connectivity index is 1.33. The molecule has 2 atom stereocenters. The molecule has 3 aromatic rings. The second-order valence-corrected chi connectivity index (χ2v) is 9.18. The topological polar surface area (TPSA) is 85.2 Å². The number of nitrogens with one attached hydrogen (secondary N) is 1. The highest BCUT2D eigenvalue weighted by Crippen LogP contribution is 2.32. The lowest BCUT2D eigenvalue weighted by molar-refractivity contribution is -0.00545. The number of anilines is 2. The number of carbonyl (C=O) groups is 1. The summed E-state index contributed by atoms with van der Waals surface area (Å²) in [6.07, 6.45) is 9.52. The van der Waals surface area contributed by atoms with E-state index in [-0.39, 0.29) is 18.1 Å². The molecule has 33 heavy (non-hydrogen) atoms. The van der Waals surface area contributed by atoms with Gasteiger partial charge in [-0.3, -0.25) is 9.48 Å². The minimum Gasteiger partial charge on any atom is -0.372 e. The first kappa shape index (κ1) is 21.6. The summed E-state index contributed by atoms with van der Waals surface area (Å²) >= 11 is 0. The third-order valence-corrected chi connectivity index (χ3v) is 6.41. The van der Waals surface area contributed by atoms with Crippen LogP contribution >= 0.6 is 0 Å². The highest BCUT2D eigenvalue weighted by Gasteiger charge is 2.24. The first-order chi connectivity index (χ1) is 16.0. The van der Waals surface area contributed by atoms with Crippen molar-refractivity contribution in [2.45, 2.75) is 58.3 Å². The van der Waals surface area contributed by atoms with Crippen LogP contribution in [0, 0.1) is 6.92 Å². The maximum absolute atomic E-state index is 13.1. The second-order valence-electron chi connectivity index (χ2n) is 9.18. The maximum Gasteiger partial charge on any atom is 0.274 e. The van der Waals surface area contributed by atoms with Gasteiger partial charge in [-0.1, -0.05) is 6.07 Å². The molecule has 0 radical (unpaired) electrons. The van der Waals surface area contributed by atoms with Gasteiger partial charge >= 0.3 is 0 Å². The Morgan fingerprint density at radius 1 is 1.15 bits per heavy atom. The van der Waals surface area contributed by atoms with Gasteiger partial charge in [0.15, 0.2) is 0 Å². The Labute approximate surface area is 194 Å². The van der Waals surface area contributed by atoms with Gasteiger partial charge in [0, 0.05) is 42.8 Å². The third-order valence-electron chi connectivity index (χ3n) is 6.41. The van der Waals surface area contributed by atoms with Gasteiger partial charge in [-0.05, 0) is 57.7 Å². The Hall–Kier alpha value is -3.26. The van der Waals surface area contributed by atoms with Crippen LogP contribution in [0.25, 0.3) is 11.3 Å². The highest BCUT2D eigenvalue weighted by atomic mass is 16.5. The standard InChI is InChI=1S/C25H30N6O2/c1-16-11-26-24(30-13-17(2)33-18(3)14-30)10-23(16)29-25(32)22-9-5-8-21(28-22)19-12-27-31(15-19)20-6-4-7-20/h5,8-12,15,17-18,20H,4,6-7,13-14H2,1-3H3,(H,26,29,32)/t17-,18+. The summed E-state index contributed by atoms with van der Waals surface area (Å²) in [5, 5.41) is 7.52. The van der Waals surface area contributed by atoms with Gasteiger partial charge in [0.1, 0.15) is 11.5 Å². The van der Waals surface area contributed by atoms with Crippen LogP contribution in [-0.4, -0.2) is 51.0 Å². The summed E-state index contributed by atoms with van der Waals surface area (Å²) in [5.74, 6) is 0.593. The molecule has 1 aliphatic carbocycles. The molecule has 0 unspecified atom stereocenters. The number of ether oxygens (including phenoxy) is 1. The molecule has 1 saturated carbocycles. The zero-order valence-electron chi connectivity index (χ0n) is 19.4. The van der Waals surface area contributed by atoms with Crippen molar-refractivity contribution < 1.29 is 9.53 Å². The van der Waals surface area contributed by atoms with E-state index in [0.717, 1.165) is 41.4 Å². The molecule has 1 N–H and O–H groups in total. The monoisotopic (exact) mass is 446 g/mol. The Bertz CT molecular complexity index is 1150. The lowest BCUT2D eigenvalue weighted by atomic mass is 9.93. The molecule has 0 spiro atoms. The van der Waals surface area contributed by atoms with Crippen molar-refractivity contribution in [2.75, 3.05) is 23.3 Å². The Morgan fingerprint density at radius 3 is 2.67 bits per heavy atom. The lowest BCUT2D eigenvalue weighted by Gasteiger charge is -2.36. The van der Waals surface area contributed by atoms with E-state index >= 15 is 0 Å². The molecule has 4 heterocycles. The van der Waals surface area contributed by atoms with Crippen LogP contribution in [0.15, 0.2) is 42.9 Å². The largest absolute Gasteiger partial charge is 0.372 e. The van der Waals surface area contributed by atoms with E-state index in [2.05, 4.69) is 39.1 Å². The van der Waals surface area contributed by atoms with Gasteiger partial charge in [0.25, 0.3) is 5.91 Å². The van der Waals surface area contributed by atoms with Gasteiger partial charge in [0.2, 0.25) is 0 Å². The zero-order chi connectivity index (χ0) is 22.9. The summed E-state index contributed by atoms with van der Waals surface area (Å²) in [6.45, 7) is 7.61. The Morgan fingerprint density at radius 2 is 1.94 bits per heavy atom. The molecule has 2 aliphatic rings. The highest BCUT2D eigenvalue weighted by molar-refractivity contribution is 6.03. The Kier molecular flexibility index (Phi) is 5.85. The van der Waals surface area contributed by atoms with Crippen LogP contribution in [0.1, 0.15) is 55.2 Å². The average Bonchev–Trinajstić information content (AvgIpc) is 3.23. The number of aromatic nitrogens is 4. The fourth-order valence-corrected chi connectivity index (χ4v) is 4.41. The van der Waals surface area contributed by atoms with Crippen LogP contribution < -0.4 is 10.2 Å². The average molecular weight is 447 g/mol. The van der Waals surface area contributed by atoms with Crippen molar-refractivity contribution in [3.05, 3.63) is 54.1 Å². The number of hydrogen-bond donors (Lipinski definition) is 1. The SMILES string of the molecule is Cc1cnc(N2C[C@@H](C)O[C@@H](C)C2)cc1NC(=O)c1cccc(-c2cnn(C3CCC3)c2)n1. The molecule has 1 amide bonds. The number of carbonyl (C=O) groups excluding carboxylic acids is 1. The fourth-order valence-electron chi connectivity index (χ4n) is 4.41. The molecule has 5 rings (SSSR count). The third kappa shape index (κ3) is 4.61. The minimum atomic E-state index is -0.243. The van der Waals surface area contributed by atoms with Crippen LogP contribution in [0.4, 0.5) is 11.5 Å². The summed E-state index contributed by atoms with van der Waals surface area (Å²) in [6, 6.07) is 7.93. The van der Waals surface area contributed by atoms with Crippen molar-refractivity contribution >= 4 is 17.4 Å². The number of amides is 1. The molecule has 8 heteroatoms. The molecular weight excluding hydrogens is 416 g/mol. The van der Waals surface area contributed by atoms with E-state index in [4.69, 9.17) is 4.74 Å². The van der Waals surface area contributed by atoms with Crippen molar-refractivity contribution in [3.63, 3.8) is 0 Å². The first-order valence-electron chi connectivity index (χ1n) is 11.7. The van der Waals surface area contributed by atoms with Gasteiger partial charge in [-0.25, -0.2) is 9.97 Å². The number of morpholine rings is 1. The molecule has 0 bridgehead atoms. The second kappa shape index (κ2) is 8.94. The van der Waals surface area contributed by atoms with Crippen LogP contribution in [0.3, 0.4) is 0 Å². The summed E-state index contributed by atoms with van der Waals surface area (Å²) in [4.78, 5) is 24.5. The molecule has 1 aliphatic heterocycles. The van der Waals surface area contributed by atoms with Gasteiger partial charge in [-0.15, -0.1) is 0 Å². The van der Waals surface area contributed by atoms with Gasteiger partial charge < -0.3 is 15.0 Å². The zero-order valence-corrected chi connectivity index (χ0v) is 19.4. The molecule has 172 valence electrons. The van der Waals surface area contributed by atoms with Gasteiger partial charge in [-0.2, -0.15) is 5.10 Å². The predicted octanol–water partition coefficient (Wildman–Crippen LogP) is 4.24. The fraction of sp³-hybridized carbons (Fsp3) is 0.440. The van der Waals surface area contributed by atoms with E-state index in [1.807, 2.05) is 42.2 Å². The van der Waals surface area contributed by atoms with Crippen molar-refractivity contribution in [1.82, 2.24) is 19.7 Å². The van der Waals surface area contributed by atoms with Crippen molar-refractivity contribution in [3.8, 4) is 11.3 Å². The molecule has 0 aromatic carbocycles. The number of nitrogens with zero attached hydrogens (tertiary/aromatic N) is 5. The van der Waals surface area contributed by atoms with Gasteiger partial charge in [0.05, 0.1) is 30.1 Å². The molecule has 3 aromatic heterocycles. The van der Waals surface area contributed by atoms with E-state index in [0.29, 0.717) is 11.7 Å². The number of rotatable bonds is 5. The molecular formula is C25H30N6O2. The lowest BCUT2D eigenvalue weighted by Crippen LogP contribution is -2.45. The van der Waals surface area contributed by atoms with E-state index in [1.54, 1.807) is 12.3 Å². The molecule has 8 nitrogen and oxygen atoms in total. The van der Waals surface area contributed by atoms with E-state index in [9.17, 15) is 4.79 Å². The maximum atomic E-state index is 13.1. The minimum absolute atomic E-state index is 0.135. The normalized spacial score (nSPS) is 21.0. The first-order valence-corrected chi connectivity index (χ1v) is 11.7. The van der Waals surface area contributed by atoms with Crippen LogP contribution in [-0.2, 0) is 4.74 Å². The van der Waals surface area contributed by atoms with E-state index < -0.39 is 0 Å². The smallest absolute Gasteiger partial charge is 0.274 e. The van der Waals surface area contributed by atoms with Crippen molar-refractivity contribution in [1.29, 1.82) is 0 Å². The van der Waals surface area contributed by atoms with Crippen LogP contribution in [0.5, 0.6) is 0 Å². The van der Waals surface area contributed by atoms with E-state index in [1.165, 1.54) is 19.3 Å².